The van der Waals surface area contributed by atoms with E-state index in [1.807, 2.05) is 0 Å². The van der Waals surface area contributed by atoms with Crippen molar-refractivity contribution in [3.63, 3.8) is 0 Å². The second kappa shape index (κ2) is 6.27. The summed E-state index contributed by atoms with van der Waals surface area (Å²) in [6, 6.07) is 0.834. The van der Waals surface area contributed by atoms with E-state index in [2.05, 4.69) is 4.98 Å². The smallest absolute Gasteiger partial charge is 0.417 e. The second-order valence-corrected chi connectivity index (χ2v) is 4.61. The van der Waals surface area contributed by atoms with Crippen LogP contribution in [0.15, 0.2) is 18.5 Å². The number of rotatable bonds is 4. The summed E-state index contributed by atoms with van der Waals surface area (Å²) in [6.07, 6.45) is -2.64. The molecule has 0 amide bonds. The first-order valence-corrected chi connectivity index (χ1v) is 6.61. The number of nitrogens with zero attached hydrogens (tertiary/aromatic N) is 2. The average molecular weight is 330 g/mol. The zero-order valence-electron chi connectivity index (χ0n) is 12.3. The van der Waals surface area contributed by atoms with Gasteiger partial charge in [0.25, 0.3) is 0 Å². The van der Waals surface area contributed by atoms with Crippen LogP contribution in [0.1, 0.15) is 35.5 Å². The highest BCUT2D eigenvalue weighted by atomic mass is 19.4. The standard InChI is InChI=1S/C14H13F3N2O4/c1-3-22-13(21)11-6-19-5-10(14(15,16)17)4-9(12(19)18-11)7-23-8(2)20/h4-6H,3,7H2,1-2H3. The van der Waals surface area contributed by atoms with Crippen LogP contribution in [0.3, 0.4) is 0 Å². The minimum Gasteiger partial charge on any atom is -0.461 e. The van der Waals surface area contributed by atoms with E-state index >= 15 is 0 Å². The molecule has 0 radical (unpaired) electrons. The fourth-order valence-corrected chi connectivity index (χ4v) is 1.91. The summed E-state index contributed by atoms with van der Waals surface area (Å²) in [5.41, 5.74) is -0.955. The number of pyridine rings is 1. The van der Waals surface area contributed by atoms with Crippen molar-refractivity contribution in [3.05, 3.63) is 35.3 Å². The van der Waals surface area contributed by atoms with Crippen molar-refractivity contribution in [2.45, 2.75) is 26.6 Å². The lowest BCUT2D eigenvalue weighted by molar-refractivity contribution is -0.142. The van der Waals surface area contributed by atoms with E-state index in [0.717, 1.165) is 29.8 Å². The van der Waals surface area contributed by atoms with Crippen molar-refractivity contribution in [1.82, 2.24) is 9.38 Å². The monoisotopic (exact) mass is 330 g/mol. The van der Waals surface area contributed by atoms with Crippen molar-refractivity contribution in [1.29, 1.82) is 0 Å². The molecule has 0 unspecified atom stereocenters. The molecule has 124 valence electrons. The molecule has 2 heterocycles. The highest BCUT2D eigenvalue weighted by Gasteiger charge is 2.32. The van der Waals surface area contributed by atoms with E-state index in [4.69, 9.17) is 9.47 Å². The summed E-state index contributed by atoms with van der Waals surface area (Å²) in [5, 5.41) is 0. The minimum atomic E-state index is -4.59. The van der Waals surface area contributed by atoms with Gasteiger partial charge in [-0.3, -0.25) is 4.79 Å². The first-order chi connectivity index (χ1) is 10.7. The molecular formula is C14H13F3N2O4. The Morgan fingerprint density at radius 3 is 2.52 bits per heavy atom. The van der Waals surface area contributed by atoms with Crippen molar-refractivity contribution in [2.75, 3.05) is 6.61 Å². The summed E-state index contributed by atoms with van der Waals surface area (Å²) in [5.74, 6) is -1.39. The number of aromatic nitrogens is 2. The van der Waals surface area contributed by atoms with Crippen molar-refractivity contribution < 1.29 is 32.2 Å². The zero-order valence-corrected chi connectivity index (χ0v) is 12.3. The molecular weight excluding hydrogens is 317 g/mol. The maximum Gasteiger partial charge on any atom is 0.417 e. The first kappa shape index (κ1) is 16.8. The molecule has 0 aliphatic carbocycles. The minimum absolute atomic E-state index is 0.0329. The van der Waals surface area contributed by atoms with Gasteiger partial charge in [0.15, 0.2) is 5.69 Å². The number of ether oxygens (including phenoxy) is 2. The van der Waals surface area contributed by atoms with Crippen LogP contribution in [0.2, 0.25) is 0 Å². The summed E-state index contributed by atoms with van der Waals surface area (Å²) in [6.45, 7) is 2.46. The highest BCUT2D eigenvalue weighted by Crippen LogP contribution is 2.31. The fourth-order valence-electron chi connectivity index (χ4n) is 1.91. The molecule has 0 N–H and O–H groups in total. The number of alkyl halides is 3. The molecule has 0 bridgehead atoms. The lowest BCUT2D eigenvalue weighted by atomic mass is 10.2. The number of hydrogen-bond donors (Lipinski definition) is 0. The van der Waals surface area contributed by atoms with Crippen LogP contribution in [0.25, 0.3) is 5.65 Å². The van der Waals surface area contributed by atoms with Crippen LogP contribution in [-0.4, -0.2) is 27.9 Å². The summed E-state index contributed by atoms with van der Waals surface area (Å²) in [7, 11) is 0. The molecule has 9 heteroatoms. The van der Waals surface area contributed by atoms with Crippen molar-refractivity contribution in [2.24, 2.45) is 0 Å². The molecule has 0 saturated heterocycles. The lowest BCUT2D eigenvalue weighted by Crippen LogP contribution is -2.09. The van der Waals surface area contributed by atoms with Crippen LogP contribution < -0.4 is 0 Å². The quantitative estimate of drug-likeness (QED) is 0.806. The summed E-state index contributed by atoms with van der Waals surface area (Å²) in [4.78, 5) is 26.5. The Balaban J connectivity index is 2.54. The third kappa shape index (κ3) is 3.79. The number of imidazole rings is 1. The Labute approximate surface area is 128 Å². The molecule has 0 atom stereocenters. The van der Waals surface area contributed by atoms with E-state index in [1.54, 1.807) is 6.92 Å². The summed E-state index contributed by atoms with van der Waals surface area (Å²) < 4.78 is 49.4. The topological polar surface area (TPSA) is 69.9 Å². The maximum absolute atomic E-state index is 12.9. The molecule has 0 saturated carbocycles. The van der Waals surface area contributed by atoms with Gasteiger partial charge in [0.2, 0.25) is 0 Å². The molecule has 0 aliphatic heterocycles. The maximum atomic E-state index is 12.9. The van der Waals surface area contributed by atoms with E-state index in [9.17, 15) is 22.8 Å². The Morgan fingerprint density at radius 1 is 1.26 bits per heavy atom. The predicted molar refractivity (Wildman–Crippen MR) is 71.6 cm³/mol. The van der Waals surface area contributed by atoms with E-state index in [0.29, 0.717) is 0 Å². The first-order valence-electron chi connectivity index (χ1n) is 6.61. The van der Waals surface area contributed by atoms with Gasteiger partial charge in [-0.25, -0.2) is 9.78 Å². The molecule has 2 aromatic rings. The number of carbonyl (C=O) groups is 2. The van der Waals surface area contributed by atoms with Crippen LogP contribution >= 0.6 is 0 Å². The van der Waals surface area contributed by atoms with Crippen molar-refractivity contribution in [3.8, 4) is 0 Å². The van der Waals surface area contributed by atoms with Gasteiger partial charge < -0.3 is 13.9 Å². The Morgan fingerprint density at radius 2 is 1.96 bits per heavy atom. The average Bonchev–Trinajstić information content (AvgIpc) is 2.88. The molecule has 6 nitrogen and oxygen atoms in total. The van der Waals surface area contributed by atoms with E-state index in [1.165, 1.54) is 0 Å². The largest absolute Gasteiger partial charge is 0.461 e. The number of esters is 2. The van der Waals surface area contributed by atoms with Crippen molar-refractivity contribution >= 4 is 17.6 Å². The molecule has 2 aromatic heterocycles. The van der Waals surface area contributed by atoms with Gasteiger partial charge in [0.05, 0.1) is 12.2 Å². The van der Waals surface area contributed by atoms with E-state index < -0.39 is 23.7 Å². The normalized spacial score (nSPS) is 11.5. The van der Waals surface area contributed by atoms with Crippen LogP contribution in [0.4, 0.5) is 13.2 Å². The fraction of sp³-hybridized carbons (Fsp3) is 0.357. The third-order valence-corrected chi connectivity index (χ3v) is 2.87. The van der Waals surface area contributed by atoms with Gasteiger partial charge in [-0.1, -0.05) is 0 Å². The SMILES string of the molecule is CCOC(=O)c1cn2cc(C(F)(F)F)cc(COC(C)=O)c2n1. The molecule has 0 aromatic carbocycles. The van der Waals surface area contributed by atoms with Gasteiger partial charge in [0.1, 0.15) is 12.3 Å². The lowest BCUT2D eigenvalue weighted by Gasteiger charge is -2.10. The zero-order chi connectivity index (χ0) is 17.2. The Kier molecular flexibility index (Phi) is 4.57. The van der Waals surface area contributed by atoms with Crippen LogP contribution in [0, 0.1) is 0 Å². The number of halogens is 3. The highest BCUT2D eigenvalue weighted by molar-refractivity contribution is 5.88. The number of fused-ring (bicyclic) bond motifs is 1. The number of carbonyl (C=O) groups excluding carboxylic acids is 2. The van der Waals surface area contributed by atoms with Gasteiger partial charge in [0, 0.05) is 24.9 Å². The van der Waals surface area contributed by atoms with E-state index in [-0.39, 0.29) is 30.1 Å². The van der Waals surface area contributed by atoms with Crippen LogP contribution in [0.5, 0.6) is 0 Å². The molecule has 0 aliphatic rings. The number of hydrogen-bond acceptors (Lipinski definition) is 5. The third-order valence-electron chi connectivity index (χ3n) is 2.87. The Hall–Kier alpha value is -2.58. The second-order valence-electron chi connectivity index (χ2n) is 4.61. The molecule has 0 fully saturated rings. The van der Waals surface area contributed by atoms with Gasteiger partial charge in [-0.2, -0.15) is 13.2 Å². The van der Waals surface area contributed by atoms with Crippen LogP contribution in [-0.2, 0) is 27.1 Å². The summed E-state index contributed by atoms with van der Waals surface area (Å²) >= 11 is 0. The van der Waals surface area contributed by atoms with Gasteiger partial charge >= 0.3 is 18.1 Å². The predicted octanol–water partition coefficient (Wildman–Crippen LogP) is 2.59. The van der Waals surface area contributed by atoms with Gasteiger partial charge in [-0.05, 0) is 13.0 Å². The van der Waals surface area contributed by atoms with Gasteiger partial charge in [-0.15, -0.1) is 0 Å². The molecule has 2 rings (SSSR count). The Bertz CT molecular complexity index is 752. The molecule has 0 spiro atoms. The molecule has 23 heavy (non-hydrogen) atoms.